The Morgan fingerprint density at radius 1 is 1.27 bits per heavy atom. The molecule has 0 atom stereocenters. The highest BCUT2D eigenvalue weighted by Crippen LogP contribution is 2.23. The molecule has 0 saturated carbocycles. The number of hydrogen-bond acceptors (Lipinski definition) is 2. The Morgan fingerprint density at radius 3 is 2.60 bits per heavy atom. The van der Waals surface area contributed by atoms with E-state index in [0.29, 0.717) is 5.82 Å². The summed E-state index contributed by atoms with van der Waals surface area (Å²) in [7, 11) is 0. The topological polar surface area (TPSA) is 43.8 Å². The summed E-state index contributed by atoms with van der Waals surface area (Å²) in [4.78, 5) is 0. The number of anilines is 1. The van der Waals surface area contributed by atoms with Crippen LogP contribution in [0.5, 0.6) is 0 Å². The average Bonchev–Trinajstić information content (AvgIpc) is 2.50. The molecule has 1 aromatic heterocycles. The molecule has 0 bridgehead atoms. The second-order valence-corrected chi connectivity index (χ2v) is 4.43. The standard InChI is InChI=1S/C11H12BrN3/c1-7-3-4-9(12)10(5-7)15-8(2)6-11(13)14-15/h3-6H,1-2H3,(H2,13,14). The van der Waals surface area contributed by atoms with Gasteiger partial charge in [0.05, 0.1) is 5.69 Å². The van der Waals surface area contributed by atoms with Gasteiger partial charge in [0.25, 0.3) is 0 Å². The van der Waals surface area contributed by atoms with E-state index in [4.69, 9.17) is 5.73 Å². The normalized spacial score (nSPS) is 10.6. The first kappa shape index (κ1) is 10.2. The molecule has 0 fully saturated rings. The summed E-state index contributed by atoms with van der Waals surface area (Å²) in [6.45, 7) is 4.04. The monoisotopic (exact) mass is 265 g/mol. The quantitative estimate of drug-likeness (QED) is 0.862. The fourth-order valence-corrected chi connectivity index (χ4v) is 1.94. The molecule has 2 aromatic rings. The second-order valence-electron chi connectivity index (χ2n) is 3.58. The lowest BCUT2D eigenvalue weighted by Crippen LogP contribution is -2.00. The average molecular weight is 266 g/mol. The second kappa shape index (κ2) is 3.70. The first-order valence-corrected chi connectivity index (χ1v) is 5.46. The maximum Gasteiger partial charge on any atom is 0.146 e. The molecule has 2 N–H and O–H groups in total. The number of hydrogen-bond donors (Lipinski definition) is 1. The zero-order valence-corrected chi connectivity index (χ0v) is 10.2. The highest BCUT2D eigenvalue weighted by molar-refractivity contribution is 9.10. The molecule has 0 amide bonds. The lowest BCUT2D eigenvalue weighted by molar-refractivity contribution is 0.846. The van der Waals surface area contributed by atoms with Gasteiger partial charge in [0.15, 0.2) is 0 Å². The summed E-state index contributed by atoms with van der Waals surface area (Å²) in [6.07, 6.45) is 0. The number of nitrogen functional groups attached to an aromatic ring is 1. The molecular formula is C11H12BrN3. The van der Waals surface area contributed by atoms with Crippen LogP contribution in [0.3, 0.4) is 0 Å². The zero-order chi connectivity index (χ0) is 11.0. The van der Waals surface area contributed by atoms with Gasteiger partial charge in [-0.2, -0.15) is 5.10 Å². The van der Waals surface area contributed by atoms with Crippen molar-refractivity contribution in [2.75, 3.05) is 5.73 Å². The number of nitrogens with two attached hydrogens (primary N) is 1. The zero-order valence-electron chi connectivity index (χ0n) is 8.66. The Hall–Kier alpha value is -1.29. The Balaban J connectivity index is 2.62. The van der Waals surface area contributed by atoms with Crippen molar-refractivity contribution in [1.82, 2.24) is 9.78 Å². The van der Waals surface area contributed by atoms with Crippen LogP contribution >= 0.6 is 15.9 Å². The predicted octanol–water partition coefficient (Wildman–Crippen LogP) is 2.83. The fourth-order valence-electron chi connectivity index (χ4n) is 1.53. The molecule has 0 aliphatic heterocycles. The van der Waals surface area contributed by atoms with E-state index in [9.17, 15) is 0 Å². The van der Waals surface area contributed by atoms with Crippen LogP contribution in [0.4, 0.5) is 5.82 Å². The molecule has 15 heavy (non-hydrogen) atoms. The Kier molecular flexibility index (Phi) is 2.52. The van der Waals surface area contributed by atoms with Crippen molar-refractivity contribution in [2.24, 2.45) is 0 Å². The van der Waals surface area contributed by atoms with Gasteiger partial charge in [-0.25, -0.2) is 4.68 Å². The molecule has 2 rings (SSSR count). The third-order valence-electron chi connectivity index (χ3n) is 2.24. The highest BCUT2D eigenvalue weighted by atomic mass is 79.9. The largest absolute Gasteiger partial charge is 0.382 e. The van der Waals surface area contributed by atoms with E-state index in [2.05, 4.69) is 40.1 Å². The van der Waals surface area contributed by atoms with Gasteiger partial charge < -0.3 is 5.73 Å². The minimum Gasteiger partial charge on any atom is -0.382 e. The van der Waals surface area contributed by atoms with Crippen LogP contribution in [0.25, 0.3) is 5.69 Å². The highest BCUT2D eigenvalue weighted by Gasteiger charge is 2.07. The number of aryl methyl sites for hydroxylation is 2. The van der Waals surface area contributed by atoms with E-state index in [0.717, 1.165) is 15.9 Å². The van der Waals surface area contributed by atoms with Crippen molar-refractivity contribution in [3.8, 4) is 5.69 Å². The van der Waals surface area contributed by atoms with Crippen molar-refractivity contribution in [3.63, 3.8) is 0 Å². The van der Waals surface area contributed by atoms with Crippen LogP contribution in [-0.4, -0.2) is 9.78 Å². The first-order valence-electron chi connectivity index (χ1n) is 4.66. The molecule has 78 valence electrons. The number of nitrogens with zero attached hydrogens (tertiary/aromatic N) is 2. The van der Waals surface area contributed by atoms with Crippen LogP contribution in [0.2, 0.25) is 0 Å². The molecule has 0 unspecified atom stereocenters. The van der Waals surface area contributed by atoms with Gasteiger partial charge >= 0.3 is 0 Å². The van der Waals surface area contributed by atoms with Gasteiger partial charge in [-0.3, -0.25) is 0 Å². The van der Waals surface area contributed by atoms with Gasteiger partial charge in [-0.05, 0) is 47.5 Å². The van der Waals surface area contributed by atoms with Crippen molar-refractivity contribution >= 4 is 21.7 Å². The molecule has 4 heteroatoms. The van der Waals surface area contributed by atoms with Crippen LogP contribution in [0.15, 0.2) is 28.7 Å². The van der Waals surface area contributed by atoms with Gasteiger partial charge in [0.1, 0.15) is 5.82 Å². The first-order chi connectivity index (χ1) is 7.08. The van der Waals surface area contributed by atoms with E-state index < -0.39 is 0 Å². The lowest BCUT2D eigenvalue weighted by Gasteiger charge is -2.07. The molecule has 0 aliphatic rings. The third kappa shape index (κ3) is 1.90. The maximum atomic E-state index is 5.66. The number of aromatic nitrogens is 2. The fraction of sp³-hybridized carbons (Fsp3) is 0.182. The van der Waals surface area contributed by atoms with Gasteiger partial charge in [-0.1, -0.05) is 6.07 Å². The van der Waals surface area contributed by atoms with Gasteiger partial charge in [0, 0.05) is 16.2 Å². The molecule has 0 spiro atoms. The van der Waals surface area contributed by atoms with Gasteiger partial charge in [0.2, 0.25) is 0 Å². The summed E-state index contributed by atoms with van der Waals surface area (Å²) in [6, 6.07) is 8.00. The van der Waals surface area contributed by atoms with E-state index >= 15 is 0 Å². The third-order valence-corrected chi connectivity index (χ3v) is 2.91. The molecular weight excluding hydrogens is 254 g/mol. The number of rotatable bonds is 1. The van der Waals surface area contributed by atoms with Crippen LogP contribution in [0.1, 0.15) is 11.3 Å². The maximum absolute atomic E-state index is 5.66. The molecule has 0 aliphatic carbocycles. The lowest BCUT2D eigenvalue weighted by atomic mass is 10.2. The summed E-state index contributed by atoms with van der Waals surface area (Å²) >= 11 is 3.51. The van der Waals surface area contributed by atoms with Crippen LogP contribution in [0, 0.1) is 13.8 Å². The SMILES string of the molecule is Cc1ccc(Br)c(-n2nc(N)cc2C)c1. The van der Waals surface area contributed by atoms with Crippen molar-refractivity contribution in [3.05, 3.63) is 40.0 Å². The van der Waals surface area contributed by atoms with Crippen molar-refractivity contribution in [1.29, 1.82) is 0 Å². The minimum atomic E-state index is 0.543. The van der Waals surface area contributed by atoms with E-state index in [-0.39, 0.29) is 0 Å². The summed E-state index contributed by atoms with van der Waals surface area (Å²) in [5, 5.41) is 4.25. The van der Waals surface area contributed by atoms with Gasteiger partial charge in [-0.15, -0.1) is 0 Å². The molecule has 3 nitrogen and oxygen atoms in total. The summed E-state index contributed by atoms with van der Waals surface area (Å²) < 4.78 is 2.85. The van der Waals surface area contributed by atoms with Crippen LogP contribution in [-0.2, 0) is 0 Å². The smallest absolute Gasteiger partial charge is 0.146 e. The molecule has 0 saturated heterocycles. The minimum absolute atomic E-state index is 0.543. The Labute approximate surface area is 97.0 Å². The number of benzene rings is 1. The van der Waals surface area contributed by atoms with E-state index in [1.165, 1.54) is 5.56 Å². The van der Waals surface area contributed by atoms with Crippen LogP contribution < -0.4 is 5.73 Å². The number of halogens is 1. The molecule has 1 heterocycles. The molecule has 1 aromatic carbocycles. The predicted molar refractivity (Wildman–Crippen MR) is 65.2 cm³/mol. The summed E-state index contributed by atoms with van der Waals surface area (Å²) in [5.74, 6) is 0.543. The Bertz CT molecular complexity index is 503. The van der Waals surface area contributed by atoms with E-state index in [1.54, 1.807) is 0 Å². The molecule has 0 radical (unpaired) electrons. The summed E-state index contributed by atoms with van der Waals surface area (Å²) in [5.41, 5.74) is 8.90. The van der Waals surface area contributed by atoms with Crippen molar-refractivity contribution in [2.45, 2.75) is 13.8 Å². The van der Waals surface area contributed by atoms with Crippen molar-refractivity contribution < 1.29 is 0 Å². The Morgan fingerprint density at radius 2 is 2.00 bits per heavy atom. The van der Waals surface area contributed by atoms with E-state index in [1.807, 2.05) is 23.7 Å².